The van der Waals surface area contributed by atoms with E-state index in [1.54, 1.807) is 0 Å². The maximum absolute atomic E-state index is 5.67. The van der Waals surface area contributed by atoms with Gasteiger partial charge in [0.1, 0.15) is 0 Å². The van der Waals surface area contributed by atoms with Crippen LogP contribution in [0.4, 0.5) is 0 Å². The normalized spacial score (nSPS) is 10.8. The number of benzene rings is 1. The van der Waals surface area contributed by atoms with E-state index in [4.69, 9.17) is 11.6 Å². The fraction of sp³-hybridized carbons (Fsp3) is 0.385. The van der Waals surface area contributed by atoms with E-state index < -0.39 is 0 Å². The molecule has 2 rings (SSSR count). The van der Waals surface area contributed by atoms with E-state index in [2.05, 4.69) is 42.4 Å². The van der Waals surface area contributed by atoms with E-state index >= 15 is 0 Å². The van der Waals surface area contributed by atoms with Gasteiger partial charge in [0.25, 0.3) is 0 Å². The van der Waals surface area contributed by atoms with Crippen LogP contribution in [0, 0.1) is 13.8 Å². The van der Waals surface area contributed by atoms with Crippen molar-refractivity contribution in [2.75, 3.05) is 5.88 Å². The monoisotopic (exact) mass is 249 g/mol. The van der Waals surface area contributed by atoms with E-state index in [0.29, 0.717) is 5.88 Å². The number of halogens is 1. The first-order valence-electron chi connectivity index (χ1n) is 5.75. The molecule has 0 aliphatic rings. The maximum Gasteiger partial charge on any atom is 0.0832 e. The molecule has 0 saturated carbocycles. The molecule has 0 unspecified atom stereocenters. The van der Waals surface area contributed by atoms with Gasteiger partial charge in [-0.15, -0.1) is 16.7 Å². The van der Waals surface area contributed by atoms with E-state index in [1.165, 1.54) is 11.1 Å². The van der Waals surface area contributed by atoms with Gasteiger partial charge in [0.15, 0.2) is 0 Å². The van der Waals surface area contributed by atoms with Gasteiger partial charge in [-0.1, -0.05) is 17.3 Å². The van der Waals surface area contributed by atoms with Gasteiger partial charge in [-0.25, -0.2) is 4.68 Å². The lowest BCUT2D eigenvalue weighted by Crippen LogP contribution is -1.98. The highest BCUT2D eigenvalue weighted by Crippen LogP contribution is 2.15. The van der Waals surface area contributed by atoms with Crippen LogP contribution >= 0.6 is 11.6 Å². The number of rotatable bonds is 4. The molecule has 90 valence electrons. The first-order chi connectivity index (χ1) is 8.20. The third-order valence-corrected chi connectivity index (χ3v) is 2.99. The number of alkyl halides is 1. The molecule has 0 spiro atoms. The number of nitrogens with zero attached hydrogens (tertiary/aromatic N) is 3. The molecule has 0 bridgehead atoms. The van der Waals surface area contributed by atoms with Gasteiger partial charge in [0.2, 0.25) is 0 Å². The third kappa shape index (κ3) is 2.86. The topological polar surface area (TPSA) is 30.7 Å². The zero-order valence-electron chi connectivity index (χ0n) is 10.2. The van der Waals surface area contributed by atoms with Crippen LogP contribution in [0.25, 0.3) is 5.69 Å². The lowest BCUT2D eigenvalue weighted by molar-refractivity contribution is 0.787. The van der Waals surface area contributed by atoms with Crippen LogP contribution < -0.4 is 0 Å². The molecule has 0 saturated heterocycles. The molecule has 0 aliphatic carbocycles. The summed E-state index contributed by atoms with van der Waals surface area (Å²) in [5, 5.41) is 8.32. The summed E-state index contributed by atoms with van der Waals surface area (Å²) in [7, 11) is 0. The second kappa shape index (κ2) is 5.32. The predicted molar refractivity (Wildman–Crippen MR) is 69.9 cm³/mol. The van der Waals surface area contributed by atoms with Gasteiger partial charge in [0, 0.05) is 5.88 Å². The summed E-state index contributed by atoms with van der Waals surface area (Å²) >= 11 is 5.67. The van der Waals surface area contributed by atoms with Gasteiger partial charge in [0.05, 0.1) is 17.6 Å². The zero-order valence-corrected chi connectivity index (χ0v) is 10.9. The van der Waals surface area contributed by atoms with E-state index in [0.717, 1.165) is 24.2 Å². The fourth-order valence-electron chi connectivity index (χ4n) is 1.74. The summed E-state index contributed by atoms with van der Waals surface area (Å²) in [5.41, 5.74) is 4.51. The Morgan fingerprint density at radius 2 is 2.12 bits per heavy atom. The van der Waals surface area contributed by atoms with Crippen molar-refractivity contribution >= 4 is 11.6 Å². The summed E-state index contributed by atoms with van der Waals surface area (Å²) in [4.78, 5) is 0. The molecule has 1 aromatic carbocycles. The summed E-state index contributed by atoms with van der Waals surface area (Å²) in [6.07, 6.45) is 3.80. The minimum atomic E-state index is 0.663. The molecule has 0 fully saturated rings. The Kier molecular flexibility index (Phi) is 3.79. The highest BCUT2D eigenvalue weighted by atomic mass is 35.5. The Bertz CT molecular complexity index is 505. The standard InChI is InChI=1S/C13H16ClN3/c1-10-5-6-11(2)13(8-10)17-9-12(15-16-17)4-3-7-14/h5-6,8-9H,3-4,7H2,1-2H3. The van der Waals surface area contributed by atoms with Crippen molar-refractivity contribution in [3.8, 4) is 5.69 Å². The number of aryl methyl sites for hydroxylation is 3. The first kappa shape index (κ1) is 12.1. The van der Waals surface area contributed by atoms with E-state index in [9.17, 15) is 0 Å². The van der Waals surface area contributed by atoms with Crippen LogP contribution in [0.3, 0.4) is 0 Å². The third-order valence-electron chi connectivity index (χ3n) is 2.72. The molecular weight excluding hydrogens is 234 g/mol. The average molecular weight is 250 g/mol. The predicted octanol–water partition coefficient (Wildman–Crippen LogP) is 3.06. The van der Waals surface area contributed by atoms with Crippen molar-refractivity contribution in [1.82, 2.24) is 15.0 Å². The van der Waals surface area contributed by atoms with Crippen molar-refractivity contribution in [2.45, 2.75) is 26.7 Å². The molecule has 0 amide bonds. The molecule has 1 heterocycles. The summed E-state index contributed by atoms with van der Waals surface area (Å²) in [6.45, 7) is 4.16. The molecule has 0 atom stereocenters. The van der Waals surface area contributed by atoms with Crippen LogP contribution in [0.1, 0.15) is 23.2 Å². The summed E-state index contributed by atoms with van der Waals surface area (Å²) in [5.74, 6) is 0.663. The Hall–Kier alpha value is -1.35. The molecule has 0 N–H and O–H groups in total. The first-order valence-corrected chi connectivity index (χ1v) is 6.29. The van der Waals surface area contributed by atoms with Crippen molar-refractivity contribution in [3.05, 3.63) is 41.2 Å². The van der Waals surface area contributed by atoms with Crippen molar-refractivity contribution in [3.63, 3.8) is 0 Å². The Morgan fingerprint density at radius 1 is 1.29 bits per heavy atom. The summed E-state index contributed by atoms with van der Waals surface area (Å²) in [6, 6.07) is 6.32. The fourth-order valence-corrected chi connectivity index (χ4v) is 1.88. The summed E-state index contributed by atoms with van der Waals surface area (Å²) < 4.78 is 1.84. The zero-order chi connectivity index (χ0) is 12.3. The number of hydrogen-bond donors (Lipinski definition) is 0. The molecule has 0 radical (unpaired) electrons. The van der Waals surface area contributed by atoms with Crippen molar-refractivity contribution in [1.29, 1.82) is 0 Å². The minimum Gasteiger partial charge on any atom is -0.220 e. The van der Waals surface area contributed by atoms with Crippen LogP contribution in [0.5, 0.6) is 0 Å². The Morgan fingerprint density at radius 3 is 2.88 bits per heavy atom. The number of aromatic nitrogens is 3. The maximum atomic E-state index is 5.67. The van der Waals surface area contributed by atoms with Crippen molar-refractivity contribution in [2.24, 2.45) is 0 Å². The van der Waals surface area contributed by atoms with Gasteiger partial charge in [-0.3, -0.25) is 0 Å². The SMILES string of the molecule is Cc1ccc(C)c(-n2cc(CCCCl)nn2)c1. The van der Waals surface area contributed by atoms with Crippen LogP contribution in [-0.4, -0.2) is 20.9 Å². The van der Waals surface area contributed by atoms with Gasteiger partial charge < -0.3 is 0 Å². The average Bonchev–Trinajstić information content (AvgIpc) is 2.78. The van der Waals surface area contributed by atoms with Crippen LogP contribution in [-0.2, 0) is 6.42 Å². The van der Waals surface area contributed by atoms with Gasteiger partial charge in [-0.05, 0) is 43.9 Å². The van der Waals surface area contributed by atoms with Crippen LogP contribution in [0.2, 0.25) is 0 Å². The lowest BCUT2D eigenvalue weighted by Gasteiger charge is -2.05. The number of hydrogen-bond acceptors (Lipinski definition) is 2. The van der Waals surface area contributed by atoms with Gasteiger partial charge >= 0.3 is 0 Å². The molecule has 2 aromatic rings. The van der Waals surface area contributed by atoms with E-state index in [-0.39, 0.29) is 0 Å². The Balaban J connectivity index is 2.27. The molecule has 0 aliphatic heterocycles. The lowest BCUT2D eigenvalue weighted by atomic mass is 10.1. The Labute approximate surface area is 106 Å². The van der Waals surface area contributed by atoms with Gasteiger partial charge in [-0.2, -0.15) is 0 Å². The molecular formula is C13H16ClN3. The van der Waals surface area contributed by atoms with Crippen LogP contribution in [0.15, 0.2) is 24.4 Å². The molecule has 17 heavy (non-hydrogen) atoms. The highest BCUT2D eigenvalue weighted by molar-refractivity contribution is 6.17. The minimum absolute atomic E-state index is 0.663. The largest absolute Gasteiger partial charge is 0.220 e. The molecule has 3 nitrogen and oxygen atoms in total. The second-order valence-electron chi connectivity index (χ2n) is 4.24. The highest BCUT2D eigenvalue weighted by Gasteiger charge is 2.05. The molecule has 1 aromatic heterocycles. The van der Waals surface area contributed by atoms with E-state index in [1.807, 2.05) is 10.9 Å². The molecule has 4 heteroatoms. The second-order valence-corrected chi connectivity index (χ2v) is 4.61. The van der Waals surface area contributed by atoms with Crippen molar-refractivity contribution < 1.29 is 0 Å². The quantitative estimate of drug-likeness (QED) is 0.780. The smallest absolute Gasteiger partial charge is 0.0832 e.